The van der Waals surface area contributed by atoms with E-state index in [1.807, 2.05) is 55.5 Å². The minimum atomic E-state index is -0.813. The lowest BCUT2D eigenvalue weighted by atomic mass is 9.78. The van der Waals surface area contributed by atoms with Gasteiger partial charge in [-0.05, 0) is 42.9 Å². The summed E-state index contributed by atoms with van der Waals surface area (Å²) in [5, 5.41) is 3.28. The van der Waals surface area contributed by atoms with Crippen LogP contribution in [0, 0.1) is 18.8 Å². The topological polar surface area (TPSA) is 67.9 Å². The fourth-order valence-corrected chi connectivity index (χ4v) is 5.22. The zero-order chi connectivity index (χ0) is 24.9. The molecular formula is C28H35ClN2O4. The highest BCUT2D eigenvalue weighted by Crippen LogP contribution is 2.33. The molecule has 188 valence electrons. The summed E-state index contributed by atoms with van der Waals surface area (Å²) < 4.78 is 12.0. The lowest BCUT2D eigenvalue weighted by Crippen LogP contribution is -2.52. The summed E-state index contributed by atoms with van der Waals surface area (Å²) in [6.45, 7) is 6.89. The molecule has 0 spiro atoms. The maximum absolute atomic E-state index is 13.8. The van der Waals surface area contributed by atoms with Gasteiger partial charge in [-0.2, -0.15) is 0 Å². The molecule has 35 heavy (non-hydrogen) atoms. The Morgan fingerprint density at radius 2 is 1.80 bits per heavy atom. The molecule has 5 unspecified atom stereocenters. The van der Waals surface area contributed by atoms with E-state index in [9.17, 15) is 9.59 Å². The van der Waals surface area contributed by atoms with E-state index in [1.54, 1.807) is 4.90 Å². The van der Waals surface area contributed by atoms with E-state index >= 15 is 0 Å². The Kier molecular flexibility index (Phi) is 8.22. The number of hydrogen-bond acceptors (Lipinski definition) is 4. The first-order valence-corrected chi connectivity index (χ1v) is 13.0. The van der Waals surface area contributed by atoms with Crippen molar-refractivity contribution in [3.05, 3.63) is 59.7 Å². The molecule has 2 amide bonds. The quantitative estimate of drug-likeness (QED) is 0.552. The maximum atomic E-state index is 13.8. The summed E-state index contributed by atoms with van der Waals surface area (Å²) >= 11 is 6.05. The number of benzene rings is 2. The third kappa shape index (κ3) is 5.92. The zero-order valence-corrected chi connectivity index (χ0v) is 21.5. The summed E-state index contributed by atoms with van der Waals surface area (Å²) in [5.74, 6) is 1.48. The molecule has 2 aromatic rings. The molecule has 0 aromatic heterocycles. The van der Waals surface area contributed by atoms with Crippen LogP contribution in [0.3, 0.4) is 0 Å². The van der Waals surface area contributed by atoms with Gasteiger partial charge in [-0.3, -0.25) is 9.59 Å². The minimum Gasteiger partial charge on any atom is -0.486 e. The highest BCUT2D eigenvalue weighted by Gasteiger charge is 2.37. The van der Waals surface area contributed by atoms with E-state index in [-0.39, 0.29) is 36.9 Å². The second-order valence-electron chi connectivity index (χ2n) is 9.87. The summed E-state index contributed by atoms with van der Waals surface area (Å²) in [6.07, 6.45) is 2.78. The van der Waals surface area contributed by atoms with Crippen molar-refractivity contribution in [2.75, 3.05) is 19.0 Å². The van der Waals surface area contributed by atoms with Crippen LogP contribution in [0.4, 0.5) is 0 Å². The normalized spacial score (nSPS) is 24.3. The van der Waals surface area contributed by atoms with Gasteiger partial charge in [0.1, 0.15) is 18.5 Å². The van der Waals surface area contributed by atoms with Crippen molar-refractivity contribution in [1.82, 2.24) is 10.2 Å². The number of fused-ring (bicyclic) bond motifs is 1. The fourth-order valence-electron chi connectivity index (χ4n) is 5.07. The van der Waals surface area contributed by atoms with E-state index in [4.69, 9.17) is 21.1 Å². The molecule has 1 aliphatic heterocycles. The molecule has 1 fully saturated rings. The predicted molar refractivity (Wildman–Crippen MR) is 137 cm³/mol. The number of halogens is 1. The molecule has 0 saturated heterocycles. The Bertz CT molecular complexity index is 1030. The zero-order valence-electron chi connectivity index (χ0n) is 20.7. The van der Waals surface area contributed by atoms with Gasteiger partial charge < -0.3 is 19.7 Å². The first-order valence-electron chi connectivity index (χ1n) is 12.5. The molecule has 4 rings (SSSR count). The summed E-state index contributed by atoms with van der Waals surface area (Å²) in [4.78, 5) is 28.5. The monoisotopic (exact) mass is 498 g/mol. The molecule has 2 aliphatic rings. The van der Waals surface area contributed by atoms with E-state index < -0.39 is 12.1 Å². The number of ether oxygens (including phenoxy) is 2. The molecule has 1 N–H and O–H groups in total. The molecule has 1 aliphatic carbocycles. The third-order valence-electron chi connectivity index (χ3n) is 7.39. The van der Waals surface area contributed by atoms with Crippen molar-refractivity contribution in [2.45, 2.75) is 58.2 Å². The molecule has 0 bridgehead atoms. The molecule has 2 aromatic carbocycles. The van der Waals surface area contributed by atoms with E-state index in [0.717, 1.165) is 24.0 Å². The number of carbonyl (C=O) groups excluding carboxylic acids is 2. The van der Waals surface area contributed by atoms with Crippen molar-refractivity contribution >= 4 is 23.4 Å². The molecule has 7 heteroatoms. The highest BCUT2D eigenvalue weighted by molar-refractivity contribution is 6.27. The molecule has 1 saturated carbocycles. The third-order valence-corrected chi connectivity index (χ3v) is 7.62. The average Bonchev–Trinajstić information content (AvgIpc) is 2.87. The van der Waals surface area contributed by atoms with E-state index in [1.165, 1.54) is 6.42 Å². The summed E-state index contributed by atoms with van der Waals surface area (Å²) in [5.41, 5.74) is 1.83. The Labute approximate surface area is 212 Å². The Hall–Kier alpha value is -2.73. The van der Waals surface area contributed by atoms with Gasteiger partial charge in [0.25, 0.3) is 0 Å². The number of aryl methyl sites for hydroxylation is 1. The second-order valence-corrected chi connectivity index (χ2v) is 10.1. The average molecular weight is 499 g/mol. The molecular weight excluding hydrogens is 464 g/mol. The standard InChI is InChI=1S/C28H35ClN2O4/c1-18-11-13-21(14-12-18)27(28(33)30-23-8-6-7-19(2)20(23)3)31(26(32)15-29)16-22-17-34-24-9-4-5-10-25(24)35-22/h4-5,9-14,19-20,22-23,27H,6-8,15-17H2,1-3H3,(H,30,33). The van der Waals surface area contributed by atoms with Crippen molar-refractivity contribution in [3.8, 4) is 11.5 Å². The fraction of sp³-hybridized carbons (Fsp3) is 0.500. The Balaban J connectivity index is 1.61. The number of hydrogen-bond donors (Lipinski definition) is 1. The van der Waals surface area contributed by atoms with Gasteiger partial charge in [-0.1, -0.05) is 68.7 Å². The van der Waals surface area contributed by atoms with Crippen LogP contribution in [0.1, 0.15) is 50.3 Å². The SMILES string of the molecule is Cc1ccc(C(C(=O)NC2CCCC(C)C2C)N(CC2COc3ccccc3O2)C(=O)CCl)cc1. The van der Waals surface area contributed by atoms with Crippen LogP contribution in [0.15, 0.2) is 48.5 Å². The first kappa shape index (κ1) is 25.4. The maximum Gasteiger partial charge on any atom is 0.247 e. The van der Waals surface area contributed by atoms with Crippen molar-refractivity contribution in [2.24, 2.45) is 11.8 Å². The number of carbonyl (C=O) groups is 2. The van der Waals surface area contributed by atoms with E-state index in [0.29, 0.717) is 23.3 Å². The molecule has 0 radical (unpaired) electrons. The van der Waals surface area contributed by atoms with Gasteiger partial charge in [0, 0.05) is 6.04 Å². The smallest absolute Gasteiger partial charge is 0.247 e. The van der Waals surface area contributed by atoms with Gasteiger partial charge in [0.15, 0.2) is 17.6 Å². The van der Waals surface area contributed by atoms with Crippen LogP contribution in [0.2, 0.25) is 0 Å². The molecule has 5 atom stereocenters. The summed E-state index contributed by atoms with van der Waals surface area (Å²) in [7, 11) is 0. The van der Waals surface area contributed by atoms with Crippen LogP contribution >= 0.6 is 11.6 Å². The van der Waals surface area contributed by atoms with Crippen LogP contribution in [-0.4, -0.2) is 47.9 Å². The van der Waals surface area contributed by atoms with Crippen LogP contribution in [0.5, 0.6) is 11.5 Å². The van der Waals surface area contributed by atoms with E-state index in [2.05, 4.69) is 19.2 Å². The molecule has 1 heterocycles. The van der Waals surface area contributed by atoms with Gasteiger partial charge in [0.2, 0.25) is 11.8 Å². The molecule has 6 nitrogen and oxygen atoms in total. The number of para-hydroxylation sites is 2. The van der Waals surface area contributed by atoms with Gasteiger partial charge in [0.05, 0.1) is 6.54 Å². The summed E-state index contributed by atoms with van der Waals surface area (Å²) in [6, 6.07) is 14.5. The van der Waals surface area contributed by atoms with Crippen molar-refractivity contribution in [3.63, 3.8) is 0 Å². The number of amides is 2. The van der Waals surface area contributed by atoms with Crippen LogP contribution in [0.25, 0.3) is 0 Å². The van der Waals surface area contributed by atoms with Gasteiger partial charge >= 0.3 is 0 Å². The predicted octanol–water partition coefficient (Wildman–Crippen LogP) is 4.88. The number of alkyl halides is 1. The number of nitrogens with one attached hydrogen (secondary N) is 1. The number of nitrogens with zero attached hydrogens (tertiary/aromatic N) is 1. The Morgan fingerprint density at radius 3 is 2.51 bits per heavy atom. The van der Waals surface area contributed by atoms with Crippen molar-refractivity contribution in [1.29, 1.82) is 0 Å². The lowest BCUT2D eigenvalue weighted by molar-refractivity contribution is -0.141. The minimum absolute atomic E-state index is 0.0771. The first-order chi connectivity index (χ1) is 16.9. The number of rotatable bonds is 7. The van der Waals surface area contributed by atoms with Gasteiger partial charge in [-0.25, -0.2) is 0 Å². The van der Waals surface area contributed by atoms with Crippen LogP contribution < -0.4 is 14.8 Å². The van der Waals surface area contributed by atoms with Crippen LogP contribution in [-0.2, 0) is 9.59 Å². The van der Waals surface area contributed by atoms with Gasteiger partial charge in [-0.15, -0.1) is 11.6 Å². The second kappa shape index (κ2) is 11.3. The lowest BCUT2D eigenvalue weighted by Gasteiger charge is -2.38. The highest BCUT2D eigenvalue weighted by atomic mass is 35.5. The Morgan fingerprint density at radius 1 is 1.09 bits per heavy atom. The largest absolute Gasteiger partial charge is 0.486 e. The van der Waals surface area contributed by atoms with Crippen molar-refractivity contribution < 1.29 is 19.1 Å².